The van der Waals surface area contributed by atoms with Crippen LogP contribution in [0.1, 0.15) is 12.0 Å². The Morgan fingerprint density at radius 2 is 1.70 bits per heavy atom. The first-order valence-electron chi connectivity index (χ1n) is 10.4. The van der Waals surface area contributed by atoms with Crippen LogP contribution < -0.4 is 9.64 Å². The third-order valence-corrected chi connectivity index (χ3v) is 5.56. The molecule has 0 aliphatic carbocycles. The van der Waals surface area contributed by atoms with Gasteiger partial charge < -0.3 is 14.5 Å². The highest BCUT2D eigenvalue weighted by molar-refractivity contribution is 5.98. The summed E-state index contributed by atoms with van der Waals surface area (Å²) < 4.78 is 5.46. The topological polar surface area (TPSA) is 53.1 Å². The Labute approximate surface area is 177 Å². The first-order chi connectivity index (χ1) is 14.7. The Morgan fingerprint density at radius 1 is 0.967 bits per heavy atom. The van der Waals surface area contributed by atoms with E-state index in [4.69, 9.17) is 4.74 Å². The number of rotatable bonds is 6. The summed E-state index contributed by atoms with van der Waals surface area (Å²) in [5, 5.41) is 0. The summed E-state index contributed by atoms with van der Waals surface area (Å²) in [5.41, 5.74) is 1.95. The minimum atomic E-state index is -0.100. The largest absolute Gasteiger partial charge is 0.482 e. The van der Waals surface area contributed by atoms with Crippen molar-refractivity contribution < 1.29 is 14.3 Å². The summed E-state index contributed by atoms with van der Waals surface area (Å²) in [4.78, 5) is 30.9. The third-order valence-electron chi connectivity index (χ3n) is 5.56. The van der Waals surface area contributed by atoms with Gasteiger partial charge in [0.2, 0.25) is 5.91 Å². The zero-order chi connectivity index (χ0) is 20.8. The lowest BCUT2D eigenvalue weighted by atomic mass is 10.2. The number of fused-ring (bicyclic) bond motifs is 1. The predicted octanol–water partition coefficient (Wildman–Crippen LogP) is 2.66. The number of amides is 2. The number of nitrogens with zero attached hydrogens (tertiary/aromatic N) is 3. The summed E-state index contributed by atoms with van der Waals surface area (Å²) in [7, 11) is 0. The molecule has 156 valence electrons. The smallest absolute Gasteiger partial charge is 0.265 e. The molecule has 0 aromatic heterocycles. The van der Waals surface area contributed by atoms with Crippen LogP contribution in [-0.2, 0) is 9.59 Å². The van der Waals surface area contributed by atoms with E-state index in [1.54, 1.807) is 4.90 Å². The van der Waals surface area contributed by atoms with Gasteiger partial charge in [0.05, 0.1) is 5.69 Å². The standard InChI is InChI=1S/C24H27N3O3/c28-23(12-14-27-21-10-4-5-11-22(21)30-19-24(27)29)26-17-15-25(16-18-26)13-6-9-20-7-2-1-3-8-20/h1-11H,12-19H2/b9-6+. The van der Waals surface area contributed by atoms with Crippen LogP contribution in [0, 0.1) is 0 Å². The molecule has 0 atom stereocenters. The first-order valence-corrected chi connectivity index (χ1v) is 10.4. The number of carbonyl (C=O) groups excluding carboxylic acids is 2. The molecule has 4 rings (SSSR count). The van der Waals surface area contributed by atoms with Crippen molar-refractivity contribution in [1.29, 1.82) is 0 Å². The maximum atomic E-state index is 12.7. The summed E-state index contributed by atoms with van der Waals surface area (Å²) in [6.07, 6.45) is 4.64. The summed E-state index contributed by atoms with van der Waals surface area (Å²) in [6.45, 7) is 4.49. The molecule has 6 nitrogen and oxygen atoms in total. The van der Waals surface area contributed by atoms with Crippen molar-refractivity contribution in [2.45, 2.75) is 6.42 Å². The molecule has 0 bridgehead atoms. The molecule has 2 aliphatic heterocycles. The van der Waals surface area contributed by atoms with E-state index >= 15 is 0 Å². The van der Waals surface area contributed by atoms with Crippen molar-refractivity contribution in [3.8, 4) is 5.75 Å². The molecule has 1 fully saturated rings. The van der Waals surface area contributed by atoms with Gasteiger partial charge in [-0.15, -0.1) is 0 Å². The molecule has 2 heterocycles. The molecular formula is C24H27N3O3. The third kappa shape index (κ3) is 4.89. The average molecular weight is 405 g/mol. The van der Waals surface area contributed by atoms with E-state index in [9.17, 15) is 9.59 Å². The van der Waals surface area contributed by atoms with Gasteiger partial charge in [-0.3, -0.25) is 14.5 Å². The van der Waals surface area contributed by atoms with Gasteiger partial charge in [-0.25, -0.2) is 0 Å². The van der Waals surface area contributed by atoms with Gasteiger partial charge in [0.15, 0.2) is 6.61 Å². The molecular weight excluding hydrogens is 378 g/mol. The molecule has 0 unspecified atom stereocenters. The van der Waals surface area contributed by atoms with Crippen LogP contribution in [0.4, 0.5) is 5.69 Å². The van der Waals surface area contributed by atoms with Crippen LogP contribution in [0.3, 0.4) is 0 Å². The molecule has 30 heavy (non-hydrogen) atoms. The second-order valence-corrected chi connectivity index (χ2v) is 7.55. The van der Waals surface area contributed by atoms with Gasteiger partial charge >= 0.3 is 0 Å². The van der Waals surface area contributed by atoms with Crippen LogP contribution in [0.5, 0.6) is 5.75 Å². The SMILES string of the molecule is O=C(CCN1C(=O)COc2ccccc21)N1CCN(C/C=C/c2ccccc2)CC1. The molecule has 1 saturated heterocycles. The van der Waals surface area contributed by atoms with Crippen molar-refractivity contribution in [1.82, 2.24) is 9.80 Å². The summed E-state index contributed by atoms with van der Waals surface area (Å²) in [6, 6.07) is 17.7. The first kappa shape index (κ1) is 20.2. The highest BCUT2D eigenvalue weighted by atomic mass is 16.5. The van der Waals surface area contributed by atoms with Crippen LogP contribution in [0.2, 0.25) is 0 Å². The predicted molar refractivity (Wildman–Crippen MR) is 117 cm³/mol. The van der Waals surface area contributed by atoms with Gasteiger partial charge in [0, 0.05) is 45.7 Å². The number of ether oxygens (including phenoxy) is 1. The van der Waals surface area contributed by atoms with Crippen LogP contribution in [0.25, 0.3) is 6.08 Å². The molecule has 0 spiro atoms. The fourth-order valence-corrected chi connectivity index (χ4v) is 3.85. The van der Waals surface area contributed by atoms with Crippen molar-refractivity contribution in [2.24, 2.45) is 0 Å². The van der Waals surface area contributed by atoms with Crippen LogP contribution in [-0.4, -0.2) is 67.5 Å². The Hall–Kier alpha value is -3.12. The molecule has 2 aromatic rings. The van der Waals surface area contributed by atoms with Gasteiger partial charge in [-0.1, -0.05) is 54.6 Å². The maximum Gasteiger partial charge on any atom is 0.265 e. The number of carbonyl (C=O) groups is 2. The van der Waals surface area contributed by atoms with Crippen molar-refractivity contribution in [3.63, 3.8) is 0 Å². The Bertz CT molecular complexity index is 905. The second-order valence-electron chi connectivity index (χ2n) is 7.55. The van der Waals surface area contributed by atoms with E-state index in [-0.39, 0.29) is 18.4 Å². The van der Waals surface area contributed by atoms with Crippen molar-refractivity contribution >= 4 is 23.6 Å². The Kier molecular flexibility index (Phi) is 6.44. The van der Waals surface area contributed by atoms with E-state index < -0.39 is 0 Å². The van der Waals surface area contributed by atoms with E-state index in [1.807, 2.05) is 47.4 Å². The van der Waals surface area contributed by atoms with Crippen LogP contribution in [0.15, 0.2) is 60.7 Å². The minimum Gasteiger partial charge on any atom is -0.482 e. The van der Waals surface area contributed by atoms with E-state index in [1.165, 1.54) is 5.56 Å². The minimum absolute atomic E-state index is 0.0282. The maximum absolute atomic E-state index is 12.7. The number of benzene rings is 2. The van der Waals surface area contributed by atoms with Gasteiger partial charge in [-0.2, -0.15) is 0 Å². The zero-order valence-electron chi connectivity index (χ0n) is 17.1. The van der Waals surface area contributed by atoms with Crippen molar-refractivity contribution in [3.05, 3.63) is 66.2 Å². The lowest BCUT2D eigenvalue weighted by Gasteiger charge is -2.35. The highest BCUT2D eigenvalue weighted by Gasteiger charge is 2.27. The highest BCUT2D eigenvalue weighted by Crippen LogP contribution is 2.31. The lowest BCUT2D eigenvalue weighted by molar-refractivity contribution is -0.132. The molecule has 6 heteroatoms. The normalized spacial score (nSPS) is 17.1. The Morgan fingerprint density at radius 3 is 2.50 bits per heavy atom. The summed E-state index contributed by atoms with van der Waals surface area (Å²) in [5.74, 6) is 0.699. The molecule has 2 aliphatic rings. The molecule has 2 amide bonds. The lowest BCUT2D eigenvalue weighted by Crippen LogP contribution is -2.49. The number of para-hydroxylation sites is 2. The number of hydrogen-bond donors (Lipinski definition) is 0. The van der Waals surface area contributed by atoms with Crippen LogP contribution >= 0.6 is 0 Å². The number of piperazine rings is 1. The van der Waals surface area contributed by atoms with Crippen molar-refractivity contribution in [2.75, 3.05) is 50.8 Å². The Balaban J connectivity index is 1.23. The fourth-order valence-electron chi connectivity index (χ4n) is 3.85. The second kappa shape index (κ2) is 9.59. The van der Waals surface area contributed by atoms with Gasteiger partial charge in [-0.05, 0) is 17.7 Å². The molecule has 2 aromatic carbocycles. The molecule has 0 radical (unpaired) electrons. The quantitative estimate of drug-likeness (QED) is 0.742. The zero-order valence-corrected chi connectivity index (χ0v) is 17.1. The van der Waals surface area contributed by atoms with E-state index in [0.29, 0.717) is 18.7 Å². The molecule has 0 saturated carbocycles. The number of anilines is 1. The van der Waals surface area contributed by atoms with E-state index in [2.05, 4.69) is 29.2 Å². The van der Waals surface area contributed by atoms with Gasteiger partial charge in [0.1, 0.15) is 5.75 Å². The molecule has 0 N–H and O–H groups in total. The van der Waals surface area contributed by atoms with Gasteiger partial charge in [0.25, 0.3) is 5.91 Å². The summed E-state index contributed by atoms with van der Waals surface area (Å²) >= 11 is 0. The number of hydrogen-bond acceptors (Lipinski definition) is 4. The van der Waals surface area contributed by atoms with E-state index in [0.717, 1.165) is 38.4 Å². The average Bonchev–Trinajstić information content (AvgIpc) is 2.79. The monoisotopic (exact) mass is 405 g/mol. The fraction of sp³-hybridized carbons (Fsp3) is 0.333.